The van der Waals surface area contributed by atoms with Gasteiger partial charge in [0.25, 0.3) is 0 Å². The molecule has 1 aromatic heterocycles. The zero-order valence-corrected chi connectivity index (χ0v) is 19.2. The number of hydrogen-bond donors (Lipinski definition) is 0. The Morgan fingerprint density at radius 1 is 0.562 bits per heavy atom. The van der Waals surface area contributed by atoms with E-state index in [0.29, 0.717) is 0 Å². The van der Waals surface area contributed by atoms with E-state index in [4.69, 9.17) is 19.4 Å². The van der Waals surface area contributed by atoms with Gasteiger partial charge in [-0.1, -0.05) is 47.8 Å². The predicted octanol–water partition coefficient (Wildman–Crippen LogP) is 7.10. The molecule has 5 rings (SSSR count). The molecule has 0 saturated heterocycles. The van der Waals surface area contributed by atoms with E-state index in [2.05, 4.69) is 24.3 Å². The Morgan fingerprint density at radius 3 is 1.34 bits per heavy atom. The standard InChI is InChI=1S/C26H20N2O2S2/c1-29-19-7-11-21(12-8-19)31-25-26(32-22-13-9-20(30-2)10-14-22)28-24-16-18-6-4-3-5-17(18)15-23(24)27-25/h3-16H,1-2H3. The maximum Gasteiger partial charge on any atom is 0.134 e. The van der Waals surface area contributed by atoms with Crippen LogP contribution < -0.4 is 9.47 Å². The molecule has 0 unspecified atom stereocenters. The van der Waals surface area contributed by atoms with Gasteiger partial charge < -0.3 is 9.47 Å². The number of nitrogens with zero attached hydrogens (tertiary/aromatic N) is 2. The summed E-state index contributed by atoms with van der Waals surface area (Å²) in [7, 11) is 3.34. The van der Waals surface area contributed by atoms with Crippen LogP contribution in [0.15, 0.2) is 105 Å². The van der Waals surface area contributed by atoms with Crippen LogP contribution in [0.5, 0.6) is 11.5 Å². The second kappa shape index (κ2) is 9.10. The van der Waals surface area contributed by atoms with Gasteiger partial charge in [0.2, 0.25) is 0 Å². The molecule has 0 saturated carbocycles. The van der Waals surface area contributed by atoms with Crippen LogP contribution in [0.4, 0.5) is 0 Å². The van der Waals surface area contributed by atoms with Crippen molar-refractivity contribution in [1.29, 1.82) is 0 Å². The van der Waals surface area contributed by atoms with E-state index < -0.39 is 0 Å². The average molecular weight is 457 g/mol. The molecule has 0 aliphatic heterocycles. The van der Waals surface area contributed by atoms with E-state index in [9.17, 15) is 0 Å². The molecule has 0 N–H and O–H groups in total. The minimum atomic E-state index is 0.832. The Labute approximate surface area is 195 Å². The summed E-state index contributed by atoms with van der Waals surface area (Å²) in [6, 6.07) is 28.5. The second-order valence-electron chi connectivity index (χ2n) is 7.08. The van der Waals surface area contributed by atoms with E-state index in [0.717, 1.165) is 53.1 Å². The highest BCUT2D eigenvalue weighted by molar-refractivity contribution is 8.02. The zero-order valence-electron chi connectivity index (χ0n) is 17.6. The topological polar surface area (TPSA) is 44.2 Å². The molecule has 5 aromatic rings. The fourth-order valence-electron chi connectivity index (χ4n) is 3.35. The summed E-state index contributed by atoms with van der Waals surface area (Å²) in [4.78, 5) is 12.2. The van der Waals surface area contributed by atoms with Crippen LogP contribution in [0.1, 0.15) is 0 Å². The van der Waals surface area contributed by atoms with Gasteiger partial charge in [0.05, 0.1) is 25.3 Å². The van der Waals surface area contributed by atoms with Crippen molar-refractivity contribution in [1.82, 2.24) is 9.97 Å². The first-order valence-electron chi connectivity index (χ1n) is 10.1. The van der Waals surface area contributed by atoms with E-state index in [1.165, 1.54) is 0 Å². The Hall–Kier alpha value is -3.22. The third kappa shape index (κ3) is 4.38. The number of ether oxygens (including phenoxy) is 2. The van der Waals surface area contributed by atoms with Crippen LogP contribution in [-0.2, 0) is 0 Å². The van der Waals surface area contributed by atoms with Gasteiger partial charge in [-0.05, 0) is 71.4 Å². The molecule has 4 aromatic carbocycles. The average Bonchev–Trinajstić information content (AvgIpc) is 2.84. The number of methoxy groups -OCH3 is 2. The molecule has 4 nitrogen and oxygen atoms in total. The third-order valence-corrected chi connectivity index (χ3v) is 7.12. The number of benzene rings is 4. The van der Waals surface area contributed by atoms with E-state index in [1.807, 2.05) is 60.7 Å². The summed E-state index contributed by atoms with van der Waals surface area (Å²) in [5.41, 5.74) is 1.78. The van der Waals surface area contributed by atoms with Crippen LogP contribution in [0.2, 0.25) is 0 Å². The summed E-state index contributed by atoms with van der Waals surface area (Å²) in [6.45, 7) is 0. The van der Waals surface area contributed by atoms with Gasteiger partial charge in [-0.2, -0.15) is 0 Å². The molecule has 0 aliphatic carbocycles. The Balaban J connectivity index is 1.59. The molecule has 1 heterocycles. The molecule has 0 amide bonds. The SMILES string of the molecule is COc1ccc(Sc2nc3cc4ccccc4cc3nc2Sc2ccc(OC)cc2)cc1. The summed E-state index contributed by atoms with van der Waals surface area (Å²) in [5.74, 6) is 1.66. The lowest BCUT2D eigenvalue weighted by atomic mass is 10.1. The summed E-state index contributed by atoms with van der Waals surface area (Å²) in [6.07, 6.45) is 0. The van der Waals surface area contributed by atoms with Gasteiger partial charge >= 0.3 is 0 Å². The minimum absolute atomic E-state index is 0.832. The maximum absolute atomic E-state index is 5.29. The highest BCUT2D eigenvalue weighted by Crippen LogP contribution is 2.38. The van der Waals surface area contributed by atoms with Crippen molar-refractivity contribution in [3.63, 3.8) is 0 Å². The first kappa shape index (κ1) is 20.7. The van der Waals surface area contributed by atoms with Crippen LogP contribution in [0.25, 0.3) is 21.8 Å². The van der Waals surface area contributed by atoms with Gasteiger partial charge in [0.15, 0.2) is 0 Å². The quantitative estimate of drug-likeness (QED) is 0.254. The van der Waals surface area contributed by atoms with Crippen molar-refractivity contribution in [2.75, 3.05) is 14.2 Å². The molecular formula is C26H20N2O2S2. The number of fused-ring (bicyclic) bond motifs is 2. The lowest BCUT2D eigenvalue weighted by Gasteiger charge is -2.11. The molecule has 0 radical (unpaired) electrons. The van der Waals surface area contributed by atoms with Crippen molar-refractivity contribution >= 4 is 45.3 Å². The van der Waals surface area contributed by atoms with Crippen molar-refractivity contribution in [3.8, 4) is 11.5 Å². The lowest BCUT2D eigenvalue weighted by Crippen LogP contribution is -1.93. The normalized spacial score (nSPS) is 11.1. The molecule has 0 aliphatic rings. The molecular weight excluding hydrogens is 436 g/mol. The molecule has 0 spiro atoms. The van der Waals surface area contributed by atoms with Crippen LogP contribution in [-0.4, -0.2) is 24.2 Å². The van der Waals surface area contributed by atoms with E-state index >= 15 is 0 Å². The maximum atomic E-state index is 5.29. The molecule has 32 heavy (non-hydrogen) atoms. The van der Waals surface area contributed by atoms with Gasteiger partial charge in [0, 0.05) is 9.79 Å². The van der Waals surface area contributed by atoms with E-state index in [-0.39, 0.29) is 0 Å². The molecule has 0 fully saturated rings. The molecule has 158 valence electrons. The summed E-state index contributed by atoms with van der Waals surface area (Å²) < 4.78 is 10.6. The number of hydrogen-bond acceptors (Lipinski definition) is 6. The van der Waals surface area contributed by atoms with Crippen molar-refractivity contribution in [2.45, 2.75) is 19.8 Å². The first-order chi connectivity index (χ1) is 15.7. The van der Waals surface area contributed by atoms with Gasteiger partial charge in [-0.15, -0.1) is 0 Å². The largest absolute Gasteiger partial charge is 0.497 e. The fourth-order valence-corrected chi connectivity index (χ4v) is 5.15. The predicted molar refractivity (Wildman–Crippen MR) is 131 cm³/mol. The number of rotatable bonds is 6. The fraction of sp³-hybridized carbons (Fsp3) is 0.0769. The van der Waals surface area contributed by atoms with Crippen LogP contribution >= 0.6 is 23.5 Å². The smallest absolute Gasteiger partial charge is 0.134 e. The van der Waals surface area contributed by atoms with Crippen LogP contribution in [0, 0.1) is 0 Å². The van der Waals surface area contributed by atoms with Crippen molar-refractivity contribution in [2.24, 2.45) is 0 Å². The lowest BCUT2D eigenvalue weighted by molar-refractivity contribution is 0.414. The monoisotopic (exact) mass is 456 g/mol. The Bertz CT molecular complexity index is 1280. The van der Waals surface area contributed by atoms with Crippen LogP contribution in [0.3, 0.4) is 0 Å². The Kier molecular flexibility index (Phi) is 5.88. The third-order valence-electron chi connectivity index (χ3n) is 5.02. The van der Waals surface area contributed by atoms with Gasteiger partial charge in [-0.25, -0.2) is 9.97 Å². The van der Waals surface area contributed by atoms with Crippen molar-refractivity contribution < 1.29 is 9.47 Å². The first-order valence-corrected chi connectivity index (χ1v) is 11.7. The van der Waals surface area contributed by atoms with Crippen molar-refractivity contribution in [3.05, 3.63) is 84.9 Å². The van der Waals surface area contributed by atoms with Gasteiger partial charge in [0.1, 0.15) is 21.6 Å². The summed E-state index contributed by atoms with van der Waals surface area (Å²) in [5, 5.41) is 4.06. The highest BCUT2D eigenvalue weighted by Gasteiger charge is 2.14. The number of aromatic nitrogens is 2. The molecule has 0 bridgehead atoms. The minimum Gasteiger partial charge on any atom is -0.497 e. The second-order valence-corrected chi connectivity index (χ2v) is 9.20. The zero-order chi connectivity index (χ0) is 21.9. The van der Waals surface area contributed by atoms with Gasteiger partial charge in [-0.3, -0.25) is 0 Å². The van der Waals surface area contributed by atoms with E-state index in [1.54, 1.807) is 37.7 Å². The molecule has 0 atom stereocenters. The summed E-state index contributed by atoms with van der Waals surface area (Å²) >= 11 is 3.21. The highest BCUT2D eigenvalue weighted by atomic mass is 32.2. The molecule has 6 heteroatoms. The Morgan fingerprint density at radius 2 is 0.969 bits per heavy atom.